The summed E-state index contributed by atoms with van der Waals surface area (Å²) in [6, 6.07) is 9.31. The molecular formula is C13H8BrClN2O3. The number of carbonyl (C=O) groups is 2. The van der Waals surface area contributed by atoms with E-state index >= 15 is 0 Å². The molecule has 7 heteroatoms. The number of hydrogen-bond acceptors (Lipinski definition) is 3. The summed E-state index contributed by atoms with van der Waals surface area (Å²) in [5.74, 6) is -1.73. The highest BCUT2D eigenvalue weighted by atomic mass is 79.9. The average molecular weight is 356 g/mol. The monoisotopic (exact) mass is 354 g/mol. The highest BCUT2D eigenvalue weighted by Gasteiger charge is 2.17. The van der Waals surface area contributed by atoms with E-state index in [1.165, 1.54) is 18.2 Å². The molecule has 20 heavy (non-hydrogen) atoms. The molecule has 0 aliphatic heterocycles. The Bertz CT molecular complexity index is 691. The van der Waals surface area contributed by atoms with Gasteiger partial charge < -0.3 is 10.4 Å². The lowest BCUT2D eigenvalue weighted by Crippen LogP contribution is -2.16. The fourth-order valence-electron chi connectivity index (χ4n) is 1.57. The minimum atomic E-state index is -1.21. The van der Waals surface area contributed by atoms with Gasteiger partial charge in [-0.3, -0.25) is 4.79 Å². The quantitative estimate of drug-likeness (QED) is 0.827. The third kappa shape index (κ3) is 3.15. The van der Waals surface area contributed by atoms with E-state index in [1.807, 2.05) is 0 Å². The SMILES string of the molecule is O=C(Nc1cccc(Cl)c1C(=O)O)c1cccc(Br)n1. The molecule has 2 aromatic rings. The number of nitrogens with one attached hydrogen (secondary N) is 1. The van der Waals surface area contributed by atoms with Gasteiger partial charge in [-0.1, -0.05) is 23.7 Å². The van der Waals surface area contributed by atoms with Crippen LogP contribution in [0.15, 0.2) is 41.0 Å². The molecule has 102 valence electrons. The summed E-state index contributed by atoms with van der Waals surface area (Å²) in [7, 11) is 0. The Morgan fingerprint density at radius 1 is 1.20 bits per heavy atom. The average Bonchev–Trinajstić information content (AvgIpc) is 2.38. The van der Waals surface area contributed by atoms with Crippen LogP contribution in [0.3, 0.4) is 0 Å². The maximum atomic E-state index is 12.0. The summed E-state index contributed by atoms with van der Waals surface area (Å²) in [6.45, 7) is 0. The number of halogens is 2. The van der Waals surface area contributed by atoms with Crippen molar-refractivity contribution in [2.45, 2.75) is 0 Å². The zero-order valence-electron chi connectivity index (χ0n) is 9.93. The highest BCUT2D eigenvalue weighted by molar-refractivity contribution is 9.10. The molecule has 5 nitrogen and oxygen atoms in total. The second kappa shape index (κ2) is 6.02. The molecule has 0 aliphatic carbocycles. The first-order valence-corrected chi connectivity index (χ1v) is 6.62. The van der Waals surface area contributed by atoms with Crippen LogP contribution in [0.2, 0.25) is 5.02 Å². The fourth-order valence-corrected chi connectivity index (χ4v) is 2.17. The van der Waals surface area contributed by atoms with Crippen LogP contribution in [-0.2, 0) is 0 Å². The Labute approximate surface area is 127 Å². The van der Waals surface area contributed by atoms with Crippen LogP contribution in [0.5, 0.6) is 0 Å². The van der Waals surface area contributed by atoms with Crippen molar-refractivity contribution in [1.82, 2.24) is 4.98 Å². The van der Waals surface area contributed by atoms with E-state index < -0.39 is 11.9 Å². The molecule has 0 spiro atoms. The van der Waals surface area contributed by atoms with Gasteiger partial charge in [-0.15, -0.1) is 0 Å². The largest absolute Gasteiger partial charge is 0.478 e. The first-order valence-electron chi connectivity index (χ1n) is 5.45. The van der Waals surface area contributed by atoms with E-state index in [0.29, 0.717) is 4.60 Å². The van der Waals surface area contributed by atoms with E-state index in [2.05, 4.69) is 26.2 Å². The van der Waals surface area contributed by atoms with Crippen LogP contribution in [0, 0.1) is 0 Å². The number of benzene rings is 1. The van der Waals surface area contributed by atoms with Gasteiger partial charge in [0.05, 0.1) is 10.7 Å². The van der Waals surface area contributed by atoms with Gasteiger partial charge in [0.1, 0.15) is 15.9 Å². The number of carbonyl (C=O) groups excluding carboxylic acids is 1. The van der Waals surface area contributed by atoms with Gasteiger partial charge in [-0.05, 0) is 40.2 Å². The van der Waals surface area contributed by atoms with Crippen molar-refractivity contribution in [3.05, 3.63) is 57.3 Å². The lowest BCUT2D eigenvalue weighted by atomic mass is 10.1. The predicted octanol–water partition coefficient (Wildman–Crippen LogP) is 3.45. The molecule has 0 bridgehead atoms. The van der Waals surface area contributed by atoms with Crippen LogP contribution >= 0.6 is 27.5 Å². The number of carboxylic acid groups (broad SMARTS) is 1. The fraction of sp³-hybridized carbons (Fsp3) is 0. The van der Waals surface area contributed by atoms with Crippen LogP contribution in [0.25, 0.3) is 0 Å². The maximum absolute atomic E-state index is 12.0. The van der Waals surface area contributed by atoms with E-state index in [-0.39, 0.29) is 22.0 Å². The molecule has 2 rings (SSSR count). The Hall–Kier alpha value is -1.92. The molecule has 1 aromatic carbocycles. The van der Waals surface area contributed by atoms with Crippen molar-refractivity contribution < 1.29 is 14.7 Å². The van der Waals surface area contributed by atoms with Gasteiger partial charge in [0.2, 0.25) is 0 Å². The molecular weight excluding hydrogens is 348 g/mol. The van der Waals surface area contributed by atoms with Crippen molar-refractivity contribution in [3.8, 4) is 0 Å². The predicted molar refractivity (Wildman–Crippen MR) is 78.3 cm³/mol. The molecule has 1 amide bonds. The lowest BCUT2D eigenvalue weighted by Gasteiger charge is -2.09. The van der Waals surface area contributed by atoms with Crippen LogP contribution in [0.1, 0.15) is 20.8 Å². The summed E-state index contributed by atoms with van der Waals surface area (Å²) >= 11 is 8.98. The summed E-state index contributed by atoms with van der Waals surface area (Å²) in [4.78, 5) is 27.2. The minimum absolute atomic E-state index is 0.0532. The summed E-state index contributed by atoms with van der Waals surface area (Å²) in [5.41, 5.74) is 0.130. The summed E-state index contributed by atoms with van der Waals surface area (Å²) < 4.78 is 0.509. The number of hydrogen-bond donors (Lipinski definition) is 2. The van der Waals surface area contributed by atoms with Crippen molar-refractivity contribution >= 4 is 45.1 Å². The first-order chi connectivity index (χ1) is 9.49. The third-order valence-electron chi connectivity index (χ3n) is 2.42. The normalized spacial score (nSPS) is 10.1. The Morgan fingerprint density at radius 3 is 2.55 bits per heavy atom. The molecule has 0 fully saturated rings. The molecule has 1 aromatic heterocycles. The van der Waals surface area contributed by atoms with Crippen molar-refractivity contribution in [1.29, 1.82) is 0 Å². The number of aromatic nitrogens is 1. The van der Waals surface area contributed by atoms with Gasteiger partial charge in [-0.25, -0.2) is 9.78 Å². The van der Waals surface area contributed by atoms with Crippen molar-refractivity contribution in [3.63, 3.8) is 0 Å². The van der Waals surface area contributed by atoms with Gasteiger partial charge >= 0.3 is 5.97 Å². The molecule has 2 N–H and O–H groups in total. The number of nitrogens with zero attached hydrogens (tertiary/aromatic N) is 1. The lowest BCUT2D eigenvalue weighted by molar-refractivity contribution is 0.0698. The number of aromatic carboxylic acids is 1. The Kier molecular flexibility index (Phi) is 4.36. The van der Waals surface area contributed by atoms with Crippen molar-refractivity contribution in [2.24, 2.45) is 0 Å². The van der Waals surface area contributed by atoms with Gasteiger partial charge in [0, 0.05) is 0 Å². The van der Waals surface area contributed by atoms with Crippen LogP contribution in [0.4, 0.5) is 5.69 Å². The van der Waals surface area contributed by atoms with E-state index in [9.17, 15) is 9.59 Å². The zero-order chi connectivity index (χ0) is 14.7. The molecule has 1 heterocycles. The van der Waals surface area contributed by atoms with E-state index in [1.54, 1.807) is 18.2 Å². The Balaban J connectivity index is 2.33. The van der Waals surface area contributed by atoms with E-state index in [0.717, 1.165) is 0 Å². The smallest absolute Gasteiger partial charge is 0.339 e. The molecule has 0 saturated heterocycles. The molecule has 0 saturated carbocycles. The van der Waals surface area contributed by atoms with Gasteiger partial charge in [-0.2, -0.15) is 0 Å². The van der Waals surface area contributed by atoms with Crippen LogP contribution < -0.4 is 5.32 Å². The minimum Gasteiger partial charge on any atom is -0.478 e. The maximum Gasteiger partial charge on any atom is 0.339 e. The number of carboxylic acids is 1. The Morgan fingerprint density at radius 2 is 1.90 bits per heavy atom. The first kappa shape index (κ1) is 14.5. The van der Waals surface area contributed by atoms with Gasteiger partial charge in [0.15, 0.2) is 0 Å². The molecule has 0 unspecified atom stereocenters. The number of anilines is 1. The highest BCUT2D eigenvalue weighted by Crippen LogP contribution is 2.24. The topological polar surface area (TPSA) is 79.3 Å². The summed E-state index contributed by atoms with van der Waals surface area (Å²) in [6.07, 6.45) is 0. The van der Waals surface area contributed by atoms with Crippen molar-refractivity contribution in [2.75, 3.05) is 5.32 Å². The molecule has 0 radical (unpaired) electrons. The second-order valence-corrected chi connectivity index (χ2v) is 4.99. The molecule has 0 aliphatic rings. The molecule has 0 atom stereocenters. The standard InChI is InChI=1S/C13H8BrClN2O3/c14-10-6-2-5-9(16-10)12(18)17-8-4-1-3-7(15)11(8)13(19)20/h1-6H,(H,17,18)(H,19,20). The van der Waals surface area contributed by atoms with E-state index in [4.69, 9.17) is 16.7 Å². The van der Waals surface area contributed by atoms with Crippen LogP contribution in [-0.4, -0.2) is 22.0 Å². The summed E-state index contributed by atoms with van der Waals surface area (Å²) in [5, 5.41) is 11.7. The second-order valence-electron chi connectivity index (χ2n) is 3.77. The number of pyridine rings is 1. The number of rotatable bonds is 3. The van der Waals surface area contributed by atoms with Gasteiger partial charge in [0.25, 0.3) is 5.91 Å². The zero-order valence-corrected chi connectivity index (χ0v) is 12.3. The third-order valence-corrected chi connectivity index (χ3v) is 3.18. The number of amides is 1.